The Hall–Kier alpha value is -3.59. The van der Waals surface area contributed by atoms with Crippen LogP contribution in [0.25, 0.3) is 11.3 Å². The second-order valence-corrected chi connectivity index (χ2v) is 7.53. The number of nitro benzene ring substituents is 1. The fourth-order valence-corrected chi connectivity index (χ4v) is 3.47. The molecule has 30 heavy (non-hydrogen) atoms. The van der Waals surface area contributed by atoms with Crippen molar-refractivity contribution in [2.24, 2.45) is 0 Å². The monoisotopic (exact) mass is 425 g/mol. The van der Waals surface area contributed by atoms with E-state index in [0.29, 0.717) is 13.0 Å². The first-order valence-electron chi connectivity index (χ1n) is 9.05. The van der Waals surface area contributed by atoms with E-state index in [1.807, 2.05) is 36.6 Å². The van der Waals surface area contributed by atoms with Gasteiger partial charge in [0.1, 0.15) is 0 Å². The van der Waals surface area contributed by atoms with Gasteiger partial charge in [-0.25, -0.2) is 9.78 Å². The lowest BCUT2D eigenvalue weighted by molar-refractivity contribution is -0.384. The van der Waals surface area contributed by atoms with Crippen molar-refractivity contribution in [1.29, 1.82) is 0 Å². The van der Waals surface area contributed by atoms with E-state index < -0.39 is 16.8 Å². The molecular weight excluding hydrogens is 406 g/mol. The molecule has 1 aromatic heterocycles. The highest BCUT2D eigenvalue weighted by molar-refractivity contribution is 7.09. The van der Waals surface area contributed by atoms with Crippen molar-refractivity contribution in [2.45, 2.75) is 13.3 Å². The van der Waals surface area contributed by atoms with Gasteiger partial charge in [0, 0.05) is 35.2 Å². The summed E-state index contributed by atoms with van der Waals surface area (Å²) in [7, 11) is 1.17. The predicted octanol–water partition coefficient (Wildman–Crippen LogP) is 3.79. The van der Waals surface area contributed by atoms with Crippen molar-refractivity contribution in [2.75, 3.05) is 13.7 Å². The van der Waals surface area contributed by atoms with E-state index in [1.165, 1.54) is 13.2 Å². The van der Waals surface area contributed by atoms with Gasteiger partial charge in [-0.2, -0.15) is 0 Å². The zero-order valence-electron chi connectivity index (χ0n) is 16.4. The molecule has 0 radical (unpaired) electrons. The van der Waals surface area contributed by atoms with Gasteiger partial charge in [0.05, 0.1) is 28.3 Å². The van der Waals surface area contributed by atoms with E-state index in [1.54, 1.807) is 11.3 Å². The molecule has 0 saturated heterocycles. The van der Waals surface area contributed by atoms with Gasteiger partial charge in [0.2, 0.25) is 0 Å². The molecule has 9 heteroatoms. The number of nitro groups is 1. The van der Waals surface area contributed by atoms with Crippen LogP contribution in [0.2, 0.25) is 0 Å². The first-order chi connectivity index (χ1) is 14.4. The molecule has 0 saturated carbocycles. The number of carbonyl (C=O) groups is 2. The van der Waals surface area contributed by atoms with Crippen LogP contribution in [0, 0.1) is 17.0 Å². The lowest BCUT2D eigenvalue weighted by atomic mass is 10.1. The zero-order chi connectivity index (χ0) is 21.7. The topological polar surface area (TPSA) is 111 Å². The predicted molar refractivity (Wildman–Crippen MR) is 113 cm³/mol. The third-order valence-electron chi connectivity index (χ3n) is 4.38. The number of thiazole rings is 1. The largest absolute Gasteiger partial charge is 0.465 e. The first-order valence-corrected chi connectivity index (χ1v) is 9.93. The van der Waals surface area contributed by atoms with Crippen LogP contribution < -0.4 is 5.32 Å². The number of nitrogens with one attached hydrogen (secondary N) is 1. The van der Waals surface area contributed by atoms with Gasteiger partial charge >= 0.3 is 5.97 Å². The van der Waals surface area contributed by atoms with Crippen LogP contribution >= 0.6 is 11.3 Å². The summed E-state index contributed by atoms with van der Waals surface area (Å²) in [6, 6.07) is 11.4. The average molecular weight is 425 g/mol. The van der Waals surface area contributed by atoms with E-state index in [-0.39, 0.29) is 16.8 Å². The number of benzene rings is 2. The lowest BCUT2D eigenvalue weighted by Gasteiger charge is -2.08. The van der Waals surface area contributed by atoms with Gasteiger partial charge < -0.3 is 10.1 Å². The number of rotatable bonds is 7. The highest BCUT2D eigenvalue weighted by Crippen LogP contribution is 2.22. The zero-order valence-corrected chi connectivity index (χ0v) is 17.2. The molecule has 0 bridgehead atoms. The standard InChI is InChI=1S/C21H19N3O5S/c1-13-23-19(12-30-13)15-5-3-14(4-6-15)7-8-22-20(25)16-9-17(21(26)29-2)11-18(10-16)24(27)28/h3-6,9-12H,7-8H2,1-2H3,(H,22,25). The number of carbonyl (C=O) groups excluding carboxylic acids is 2. The first kappa shape index (κ1) is 21.1. The van der Waals surface area contributed by atoms with Gasteiger partial charge in [0.15, 0.2) is 0 Å². The molecule has 154 valence electrons. The Morgan fingerprint density at radius 1 is 1.17 bits per heavy atom. The minimum absolute atomic E-state index is 0.0267. The Morgan fingerprint density at radius 2 is 1.87 bits per heavy atom. The van der Waals surface area contributed by atoms with Crippen LogP contribution in [-0.4, -0.2) is 35.4 Å². The molecule has 0 fully saturated rings. The molecule has 0 aliphatic rings. The summed E-state index contributed by atoms with van der Waals surface area (Å²) < 4.78 is 4.59. The molecule has 1 heterocycles. The molecule has 0 atom stereocenters. The molecule has 1 amide bonds. The normalized spacial score (nSPS) is 10.5. The highest BCUT2D eigenvalue weighted by atomic mass is 32.1. The fourth-order valence-electron chi connectivity index (χ4n) is 2.84. The number of ether oxygens (including phenoxy) is 1. The number of aryl methyl sites for hydroxylation is 1. The minimum Gasteiger partial charge on any atom is -0.465 e. The van der Waals surface area contributed by atoms with Crippen molar-refractivity contribution in [3.63, 3.8) is 0 Å². The number of nitrogens with zero attached hydrogens (tertiary/aromatic N) is 2. The summed E-state index contributed by atoms with van der Waals surface area (Å²) in [5, 5.41) is 16.8. The third-order valence-corrected chi connectivity index (χ3v) is 5.15. The van der Waals surface area contributed by atoms with Crippen LogP contribution in [-0.2, 0) is 11.2 Å². The number of aromatic nitrogens is 1. The van der Waals surface area contributed by atoms with E-state index in [2.05, 4.69) is 15.0 Å². The molecule has 8 nitrogen and oxygen atoms in total. The minimum atomic E-state index is -0.747. The number of methoxy groups -OCH3 is 1. The molecule has 0 unspecified atom stereocenters. The maximum absolute atomic E-state index is 12.4. The lowest BCUT2D eigenvalue weighted by Crippen LogP contribution is -2.26. The molecule has 2 aromatic carbocycles. The van der Waals surface area contributed by atoms with E-state index in [9.17, 15) is 19.7 Å². The third kappa shape index (κ3) is 5.06. The average Bonchev–Trinajstić information content (AvgIpc) is 3.19. The van der Waals surface area contributed by atoms with Gasteiger partial charge in [0.25, 0.3) is 11.6 Å². The molecule has 3 rings (SSSR count). The molecule has 0 spiro atoms. The van der Waals surface area contributed by atoms with E-state index in [4.69, 9.17) is 0 Å². The van der Waals surface area contributed by atoms with E-state index >= 15 is 0 Å². The number of hydrogen-bond acceptors (Lipinski definition) is 7. The summed E-state index contributed by atoms with van der Waals surface area (Å²) in [6.45, 7) is 2.30. The van der Waals surface area contributed by atoms with Crippen LogP contribution in [0.15, 0.2) is 47.8 Å². The van der Waals surface area contributed by atoms with Gasteiger partial charge in [-0.05, 0) is 25.0 Å². The molecule has 0 aliphatic heterocycles. The number of esters is 1. The molecule has 0 aliphatic carbocycles. The summed E-state index contributed by atoms with van der Waals surface area (Å²) >= 11 is 1.60. The number of amides is 1. The van der Waals surface area contributed by atoms with Gasteiger partial charge in [-0.15, -0.1) is 11.3 Å². The van der Waals surface area contributed by atoms with Crippen LogP contribution in [0.1, 0.15) is 31.3 Å². The van der Waals surface area contributed by atoms with Crippen molar-refractivity contribution in [3.8, 4) is 11.3 Å². The second kappa shape index (κ2) is 9.27. The quantitative estimate of drug-likeness (QED) is 0.350. The second-order valence-electron chi connectivity index (χ2n) is 6.47. The fraction of sp³-hybridized carbons (Fsp3) is 0.190. The SMILES string of the molecule is COC(=O)c1cc(C(=O)NCCc2ccc(-c3csc(C)n3)cc2)cc([N+](=O)[O-])c1. The summed E-state index contributed by atoms with van der Waals surface area (Å²) in [5.74, 6) is -1.25. The smallest absolute Gasteiger partial charge is 0.338 e. The Balaban J connectivity index is 1.63. The van der Waals surface area contributed by atoms with Crippen LogP contribution in [0.4, 0.5) is 5.69 Å². The maximum Gasteiger partial charge on any atom is 0.338 e. The number of hydrogen-bond donors (Lipinski definition) is 1. The van der Waals surface area contributed by atoms with Crippen LogP contribution in [0.3, 0.4) is 0 Å². The van der Waals surface area contributed by atoms with Crippen LogP contribution in [0.5, 0.6) is 0 Å². The van der Waals surface area contributed by atoms with Crippen molar-refractivity contribution in [3.05, 3.63) is 79.7 Å². The summed E-state index contributed by atoms with van der Waals surface area (Å²) in [5.41, 5.74) is 2.61. The van der Waals surface area contributed by atoms with E-state index in [0.717, 1.165) is 34.0 Å². The highest BCUT2D eigenvalue weighted by Gasteiger charge is 2.18. The Labute approximate surface area is 176 Å². The molecular formula is C21H19N3O5S. The summed E-state index contributed by atoms with van der Waals surface area (Å²) in [6.07, 6.45) is 0.584. The molecule has 1 N–H and O–H groups in total. The van der Waals surface area contributed by atoms with Gasteiger partial charge in [-0.3, -0.25) is 14.9 Å². The Kier molecular flexibility index (Phi) is 6.53. The molecule has 3 aromatic rings. The summed E-state index contributed by atoms with van der Waals surface area (Å²) in [4.78, 5) is 39.0. The van der Waals surface area contributed by atoms with Gasteiger partial charge in [-0.1, -0.05) is 24.3 Å². The number of non-ortho nitro benzene ring substituents is 1. The maximum atomic E-state index is 12.4. The Morgan fingerprint density at radius 3 is 2.47 bits per heavy atom. The Bertz CT molecular complexity index is 1090. The van der Waals surface area contributed by atoms with Crippen molar-refractivity contribution < 1.29 is 19.2 Å². The van der Waals surface area contributed by atoms with Crippen molar-refractivity contribution in [1.82, 2.24) is 10.3 Å². The van der Waals surface area contributed by atoms with Crippen molar-refractivity contribution >= 4 is 28.9 Å².